The molecule has 0 atom stereocenters. The van der Waals surface area contributed by atoms with Gasteiger partial charge in [-0.25, -0.2) is 0 Å². The number of nitrogens with zero attached hydrogens (tertiary/aromatic N) is 1. The average molecular weight is 692 g/mol. The lowest BCUT2D eigenvalue weighted by atomic mass is 9.70. The SMILES string of the molecule is CCCCCCCCC1(CCCCCCCC)c2cc(C)ccc2-c2ccc(C)cc21.Cc1ccc(N(c2ccccc2)c2ccc(C)cc2)cc1. The Balaban J connectivity index is 0.000000216. The van der Waals surface area contributed by atoms with Crippen LogP contribution < -0.4 is 4.90 Å². The maximum absolute atomic E-state index is 2.53. The van der Waals surface area contributed by atoms with Crippen LogP contribution in [0.3, 0.4) is 0 Å². The van der Waals surface area contributed by atoms with Gasteiger partial charge >= 0.3 is 0 Å². The molecule has 52 heavy (non-hydrogen) atoms. The van der Waals surface area contributed by atoms with Crippen molar-refractivity contribution in [3.63, 3.8) is 0 Å². The zero-order valence-electron chi connectivity index (χ0n) is 33.3. The number of hydrogen-bond acceptors (Lipinski definition) is 1. The van der Waals surface area contributed by atoms with Crippen LogP contribution in [0, 0.1) is 27.7 Å². The Labute approximate surface area is 317 Å². The molecule has 0 aromatic heterocycles. The fourth-order valence-electron chi connectivity index (χ4n) is 8.21. The minimum Gasteiger partial charge on any atom is -0.311 e. The van der Waals surface area contributed by atoms with Crippen LogP contribution in [0.4, 0.5) is 17.1 Å². The van der Waals surface area contributed by atoms with Crippen molar-refractivity contribution in [1.82, 2.24) is 0 Å². The van der Waals surface area contributed by atoms with Gasteiger partial charge in [-0.3, -0.25) is 0 Å². The molecule has 1 aliphatic rings. The predicted molar refractivity (Wildman–Crippen MR) is 229 cm³/mol. The van der Waals surface area contributed by atoms with E-state index in [0.29, 0.717) is 0 Å². The third-order valence-corrected chi connectivity index (χ3v) is 11.2. The molecule has 6 rings (SSSR count). The molecule has 5 aromatic carbocycles. The Morgan fingerprint density at radius 1 is 0.385 bits per heavy atom. The first kappa shape index (κ1) is 39.1. The summed E-state index contributed by atoms with van der Waals surface area (Å²) in [7, 11) is 0. The van der Waals surface area contributed by atoms with Gasteiger partial charge in [-0.15, -0.1) is 0 Å². The van der Waals surface area contributed by atoms with Crippen LogP contribution >= 0.6 is 0 Å². The van der Waals surface area contributed by atoms with Gasteiger partial charge in [0.05, 0.1) is 0 Å². The summed E-state index contributed by atoms with van der Waals surface area (Å²) < 4.78 is 0. The summed E-state index contributed by atoms with van der Waals surface area (Å²) in [6.45, 7) is 13.4. The molecule has 0 radical (unpaired) electrons. The standard InChI is InChI=1S/C31H46.C20H19N/c1-5-7-9-11-13-15-21-31(22-16-14-12-10-8-6-2)29-23-25(3)17-19-27(29)28-20-18-26(4)24-30(28)31;1-16-8-12-19(13-9-16)21(18-6-4-3-5-7-18)20-14-10-17(2)11-15-20/h17-20,23-24H,5-16,21-22H2,1-4H3;3-15H,1-2H3. The zero-order chi connectivity index (χ0) is 36.8. The summed E-state index contributed by atoms with van der Waals surface area (Å²) in [5, 5.41) is 0. The van der Waals surface area contributed by atoms with Crippen molar-refractivity contribution in [1.29, 1.82) is 0 Å². The van der Waals surface area contributed by atoms with E-state index in [9.17, 15) is 0 Å². The Morgan fingerprint density at radius 2 is 0.750 bits per heavy atom. The highest BCUT2D eigenvalue weighted by Gasteiger charge is 2.42. The first-order chi connectivity index (χ1) is 25.4. The highest BCUT2D eigenvalue weighted by molar-refractivity contribution is 5.82. The number of hydrogen-bond donors (Lipinski definition) is 0. The lowest BCUT2D eigenvalue weighted by Gasteiger charge is -2.33. The summed E-state index contributed by atoms with van der Waals surface area (Å²) in [6, 6.07) is 42.2. The minimum atomic E-state index is 0.234. The quantitative estimate of drug-likeness (QED) is 0.0877. The van der Waals surface area contributed by atoms with E-state index >= 15 is 0 Å². The van der Waals surface area contributed by atoms with E-state index in [1.807, 2.05) is 6.07 Å². The molecular weight excluding hydrogens is 627 g/mol. The molecule has 1 heteroatoms. The molecule has 1 nitrogen and oxygen atoms in total. The van der Waals surface area contributed by atoms with Crippen molar-refractivity contribution in [3.8, 4) is 11.1 Å². The van der Waals surface area contributed by atoms with Crippen molar-refractivity contribution in [2.24, 2.45) is 0 Å². The van der Waals surface area contributed by atoms with Gasteiger partial charge in [0.15, 0.2) is 0 Å². The second-order valence-electron chi connectivity index (χ2n) is 15.6. The molecule has 0 saturated heterocycles. The first-order valence-corrected chi connectivity index (χ1v) is 20.6. The highest BCUT2D eigenvalue weighted by atomic mass is 15.1. The summed E-state index contributed by atoms with van der Waals surface area (Å²) in [6.07, 6.45) is 19.2. The molecule has 0 aliphatic heterocycles. The average Bonchev–Trinajstić information content (AvgIpc) is 3.41. The second-order valence-corrected chi connectivity index (χ2v) is 15.6. The van der Waals surface area contributed by atoms with Crippen LogP contribution in [0.25, 0.3) is 11.1 Å². The number of unbranched alkanes of at least 4 members (excludes halogenated alkanes) is 10. The van der Waals surface area contributed by atoms with Gasteiger partial charge in [0.25, 0.3) is 0 Å². The van der Waals surface area contributed by atoms with Gasteiger partial charge in [-0.05, 0) is 99.2 Å². The summed E-state index contributed by atoms with van der Waals surface area (Å²) in [5.74, 6) is 0. The Bertz CT molecular complexity index is 1670. The Morgan fingerprint density at radius 3 is 1.17 bits per heavy atom. The Hall–Kier alpha value is -4.10. The zero-order valence-corrected chi connectivity index (χ0v) is 33.3. The van der Waals surface area contributed by atoms with Crippen molar-refractivity contribution < 1.29 is 0 Å². The molecule has 0 heterocycles. The molecule has 0 fully saturated rings. The summed E-state index contributed by atoms with van der Waals surface area (Å²) in [4.78, 5) is 2.28. The van der Waals surface area contributed by atoms with E-state index in [4.69, 9.17) is 0 Å². The normalized spacial score (nSPS) is 12.5. The number of para-hydroxylation sites is 1. The molecule has 1 aliphatic carbocycles. The van der Waals surface area contributed by atoms with E-state index in [0.717, 1.165) is 0 Å². The molecule has 0 unspecified atom stereocenters. The number of fused-ring (bicyclic) bond motifs is 3. The third-order valence-electron chi connectivity index (χ3n) is 11.2. The van der Waals surface area contributed by atoms with E-state index in [-0.39, 0.29) is 5.41 Å². The van der Waals surface area contributed by atoms with E-state index in [2.05, 4.69) is 156 Å². The van der Waals surface area contributed by atoms with E-state index < -0.39 is 0 Å². The van der Waals surface area contributed by atoms with Crippen LogP contribution in [0.2, 0.25) is 0 Å². The van der Waals surface area contributed by atoms with Crippen molar-refractivity contribution in [3.05, 3.63) is 149 Å². The molecule has 0 spiro atoms. The lowest BCUT2D eigenvalue weighted by molar-refractivity contribution is 0.397. The third kappa shape index (κ3) is 10.1. The monoisotopic (exact) mass is 692 g/mol. The van der Waals surface area contributed by atoms with Crippen LogP contribution in [-0.2, 0) is 5.41 Å². The molecule has 0 bridgehead atoms. The smallest absolute Gasteiger partial charge is 0.0461 e. The topological polar surface area (TPSA) is 3.24 Å². The van der Waals surface area contributed by atoms with Gasteiger partial charge in [0.1, 0.15) is 0 Å². The summed E-state index contributed by atoms with van der Waals surface area (Å²) >= 11 is 0. The largest absolute Gasteiger partial charge is 0.311 e. The number of aryl methyl sites for hydroxylation is 4. The van der Waals surface area contributed by atoms with Gasteiger partial charge in [0.2, 0.25) is 0 Å². The number of anilines is 3. The molecular formula is C51H65N. The fourth-order valence-corrected chi connectivity index (χ4v) is 8.21. The maximum Gasteiger partial charge on any atom is 0.0461 e. The van der Waals surface area contributed by atoms with Crippen LogP contribution in [0.5, 0.6) is 0 Å². The van der Waals surface area contributed by atoms with Crippen molar-refractivity contribution >= 4 is 17.1 Å². The van der Waals surface area contributed by atoms with E-state index in [1.165, 1.54) is 140 Å². The molecule has 0 N–H and O–H groups in total. The van der Waals surface area contributed by atoms with Crippen molar-refractivity contribution in [2.45, 2.75) is 137 Å². The molecule has 5 aromatic rings. The summed E-state index contributed by atoms with van der Waals surface area (Å²) in [5.41, 5.74) is 15.4. The van der Waals surface area contributed by atoms with Gasteiger partial charge in [0, 0.05) is 22.5 Å². The van der Waals surface area contributed by atoms with Gasteiger partial charge in [-0.2, -0.15) is 0 Å². The van der Waals surface area contributed by atoms with Gasteiger partial charge < -0.3 is 4.90 Å². The molecule has 0 saturated carbocycles. The predicted octanol–water partition coefficient (Wildman–Crippen LogP) is 15.8. The first-order valence-electron chi connectivity index (χ1n) is 20.6. The van der Waals surface area contributed by atoms with Crippen LogP contribution in [-0.4, -0.2) is 0 Å². The highest BCUT2D eigenvalue weighted by Crippen LogP contribution is 2.54. The van der Waals surface area contributed by atoms with Crippen LogP contribution in [0.1, 0.15) is 137 Å². The fraction of sp³-hybridized carbons (Fsp3) is 0.412. The van der Waals surface area contributed by atoms with E-state index in [1.54, 1.807) is 11.1 Å². The number of benzene rings is 5. The van der Waals surface area contributed by atoms with Crippen molar-refractivity contribution in [2.75, 3.05) is 4.90 Å². The second kappa shape index (κ2) is 19.7. The minimum absolute atomic E-state index is 0.234. The molecule has 274 valence electrons. The Kier molecular flexibility index (Phi) is 14.8. The molecule has 0 amide bonds. The van der Waals surface area contributed by atoms with Crippen LogP contribution in [0.15, 0.2) is 115 Å². The maximum atomic E-state index is 2.53. The van der Waals surface area contributed by atoms with Gasteiger partial charge in [-0.1, -0.05) is 192 Å². The number of rotatable bonds is 17. The lowest BCUT2D eigenvalue weighted by Crippen LogP contribution is -2.25.